The molecule has 5 heteroatoms. The highest BCUT2D eigenvalue weighted by Gasteiger charge is 2.47. The van der Waals surface area contributed by atoms with Gasteiger partial charge >= 0.3 is 0 Å². The van der Waals surface area contributed by atoms with Crippen LogP contribution in [-0.2, 0) is 4.79 Å². The van der Waals surface area contributed by atoms with Gasteiger partial charge in [0.05, 0.1) is 30.4 Å². The molecule has 176 valence electrons. The monoisotopic (exact) mass is 447 g/mol. The predicted octanol–water partition coefficient (Wildman–Crippen LogP) is 5.24. The molecule has 2 N–H and O–H groups in total. The van der Waals surface area contributed by atoms with Gasteiger partial charge in [0.2, 0.25) is 5.91 Å². The quantitative estimate of drug-likeness (QED) is 0.659. The highest BCUT2D eigenvalue weighted by Crippen LogP contribution is 2.49. The first-order valence-electron chi connectivity index (χ1n) is 13.2. The molecule has 1 aromatic carbocycles. The molecule has 3 saturated carbocycles. The van der Waals surface area contributed by atoms with Crippen molar-refractivity contribution in [2.45, 2.75) is 94.7 Å². The third kappa shape index (κ3) is 3.82. The van der Waals surface area contributed by atoms with E-state index in [0.717, 1.165) is 57.1 Å². The maximum Gasteiger partial charge on any atom is 0.223 e. The van der Waals surface area contributed by atoms with Gasteiger partial charge in [-0.15, -0.1) is 0 Å². The fourth-order valence-electron chi connectivity index (χ4n) is 7.67. The topological polar surface area (TPSA) is 67.2 Å². The Hall–Kier alpha value is -2.14. The van der Waals surface area contributed by atoms with Gasteiger partial charge in [-0.25, -0.2) is 4.98 Å². The van der Waals surface area contributed by atoms with Gasteiger partial charge in [-0.2, -0.15) is 0 Å². The van der Waals surface area contributed by atoms with Crippen LogP contribution in [0.3, 0.4) is 0 Å². The Labute approximate surface area is 197 Å². The first-order chi connectivity index (χ1) is 16.1. The van der Waals surface area contributed by atoms with Gasteiger partial charge in [0.15, 0.2) is 0 Å². The lowest BCUT2D eigenvalue weighted by molar-refractivity contribution is -0.130. The van der Waals surface area contributed by atoms with Crippen molar-refractivity contribution in [2.24, 2.45) is 17.8 Å². The van der Waals surface area contributed by atoms with Crippen LogP contribution in [0.5, 0.6) is 0 Å². The normalized spacial score (nSPS) is 32.1. The average Bonchev–Trinajstić information content (AvgIpc) is 3.42. The summed E-state index contributed by atoms with van der Waals surface area (Å²) in [7, 11) is 0. The number of nitrogens with zero attached hydrogens (tertiary/aromatic N) is 2. The van der Waals surface area contributed by atoms with Crippen LogP contribution < -0.4 is 5.32 Å². The van der Waals surface area contributed by atoms with Crippen LogP contribution in [0.4, 0.5) is 0 Å². The number of benzene rings is 1. The zero-order chi connectivity index (χ0) is 22.4. The largest absolute Gasteiger partial charge is 0.393 e. The Morgan fingerprint density at radius 1 is 1.12 bits per heavy atom. The molecule has 5 unspecified atom stereocenters. The van der Waals surface area contributed by atoms with E-state index >= 15 is 0 Å². The van der Waals surface area contributed by atoms with Gasteiger partial charge in [0, 0.05) is 17.0 Å². The number of amides is 1. The van der Waals surface area contributed by atoms with Crippen LogP contribution in [0.2, 0.25) is 0 Å². The van der Waals surface area contributed by atoms with Crippen molar-refractivity contribution in [2.75, 3.05) is 0 Å². The van der Waals surface area contributed by atoms with Gasteiger partial charge in [-0.1, -0.05) is 49.9 Å². The average molecular weight is 448 g/mol. The smallest absolute Gasteiger partial charge is 0.223 e. The molecule has 2 bridgehead atoms. The van der Waals surface area contributed by atoms with E-state index in [0.29, 0.717) is 17.7 Å². The number of aliphatic hydroxyl groups excluding tert-OH is 1. The third-order valence-electron chi connectivity index (χ3n) is 9.37. The van der Waals surface area contributed by atoms with E-state index in [1.165, 1.54) is 36.8 Å². The molecule has 2 heterocycles. The summed E-state index contributed by atoms with van der Waals surface area (Å²) in [5.74, 6) is 1.37. The minimum Gasteiger partial charge on any atom is -0.393 e. The standard InChI is InChI=1S/C28H37N3O2/c32-26(15-24-22-10-4-5-11-23(22)25-17-29-18-31(24)25)21-12-14-28(13-6-9-20(21)16-28)30-27(33)19-7-2-1-3-8-19/h4-5,10-11,17-21,24,26,32H,1-3,6-9,12-16H2,(H,30,33). The van der Waals surface area contributed by atoms with E-state index < -0.39 is 0 Å². The number of hydrogen-bond donors (Lipinski definition) is 2. The first-order valence-corrected chi connectivity index (χ1v) is 13.2. The summed E-state index contributed by atoms with van der Waals surface area (Å²) >= 11 is 0. The van der Waals surface area contributed by atoms with E-state index in [-0.39, 0.29) is 23.6 Å². The molecule has 5 nitrogen and oxygen atoms in total. The lowest BCUT2D eigenvalue weighted by Crippen LogP contribution is -2.57. The van der Waals surface area contributed by atoms with Crippen LogP contribution in [0.25, 0.3) is 11.3 Å². The molecular formula is C28H37N3O2. The highest BCUT2D eigenvalue weighted by molar-refractivity contribution is 5.79. The van der Waals surface area contributed by atoms with Crippen LogP contribution in [0.15, 0.2) is 36.8 Å². The molecular weight excluding hydrogens is 410 g/mol. The number of nitrogens with one attached hydrogen (secondary N) is 1. The van der Waals surface area contributed by atoms with Crippen molar-refractivity contribution in [1.82, 2.24) is 14.9 Å². The molecule has 0 saturated heterocycles. The number of hydrogen-bond acceptors (Lipinski definition) is 3. The second kappa shape index (κ2) is 8.57. The number of aromatic nitrogens is 2. The highest BCUT2D eigenvalue weighted by atomic mass is 16.3. The van der Waals surface area contributed by atoms with Crippen molar-refractivity contribution >= 4 is 5.91 Å². The minimum absolute atomic E-state index is 0.0227. The maximum absolute atomic E-state index is 13.0. The third-order valence-corrected chi connectivity index (χ3v) is 9.37. The van der Waals surface area contributed by atoms with Gasteiger partial charge in [0.1, 0.15) is 0 Å². The zero-order valence-corrected chi connectivity index (χ0v) is 19.6. The van der Waals surface area contributed by atoms with Crippen molar-refractivity contribution in [3.8, 4) is 11.3 Å². The molecule has 4 aliphatic rings. The van der Waals surface area contributed by atoms with Crippen LogP contribution in [0, 0.1) is 17.8 Å². The van der Waals surface area contributed by atoms with Crippen molar-refractivity contribution in [3.63, 3.8) is 0 Å². The Morgan fingerprint density at radius 3 is 2.85 bits per heavy atom. The Balaban J connectivity index is 1.14. The Bertz CT molecular complexity index is 1010. The predicted molar refractivity (Wildman–Crippen MR) is 129 cm³/mol. The molecule has 1 amide bonds. The fourth-order valence-corrected chi connectivity index (χ4v) is 7.67. The summed E-state index contributed by atoms with van der Waals surface area (Å²) in [6, 6.07) is 8.71. The molecule has 5 atom stereocenters. The molecule has 3 aliphatic carbocycles. The molecule has 6 rings (SSSR count). The van der Waals surface area contributed by atoms with E-state index in [4.69, 9.17) is 0 Å². The SMILES string of the molecule is O=C(NC12CCCC(C1)C(C(O)CC1c3ccccc3-c3cncn31)CC2)C1CCCCC1. The number of rotatable bonds is 5. The fraction of sp³-hybridized carbons (Fsp3) is 0.643. The van der Waals surface area contributed by atoms with Crippen LogP contribution in [-0.4, -0.2) is 32.2 Å². The zero-order valence-electron chi connectivity index (χ0n) is 19.6. The molecule has 3 fully saturated rings. The van der Waals surface area contributed by atoms with Gasteiger partial charge in [-0.3, -0.25) is 4.79 Å². The minimum atomic E-state index is -0.327. The summed E-state index contributed by atoms with van der Waals surface area (Å²) in [6.45, 7) is 0. The Morgan fingerprint density at radius 2 is 1.97 bits per heavy atom. The van der Waals surface area contributed by atoms with Crippen LogP contribution in [0.1, 0.15) is 88.7 Å². The summed E-state index contributed by atoms with van der Waals surface area (Å²) in [6.07, 6.45) is 16.6. The van der Waals surface area contributed by atoms with Crippen LogP contribution >= 0.6 is 0 Å². The number of aliphatic hydroxyl groups is 1. The molecule has 1 aromatic heterocycles. The van der Waals surface area contributed by atoms with Crippen molar-refractivity contribution < 1.29 is 9.90 Å². The molecule has 0 radical (unpaired) electrons. The summed E-state index contributed by atoms with van der Waals surface area (Å²) in [5.41, 5.74) is 3.69. The van der Waals surface area contributed by atoms with E-state index in [1.54, 1.807) is 0 Å². The van der Waals surface area contributed by atoms with Gasteiger partial charge in [0.25, 0.3) is 0 Å². The first kappa shape index (κ1) is 21.4. The summed E-state index contributed by atoms with van der Waals surface area (Å²) in [5, 5.41) is 15.0. The van der Waals surface area contributed by atoms with Crippen molar-refractivity contribution in [3.05, 3.63) is 42.4 Å². The molecule has 1 aliphatic heterocycles. The maximum atomic E-state index is 13.0. The lowest BCUT2D eigenvalue weighted by atomic mass is 9.61. The molecule has 33 heavy (non-hydrogen) atoms. The molecule has 0 spiro atoms. The second-order valence-corrected chi connectivity index (χ2v) is 11.3. The van der Waals surface area contributed by atoms with Gasteiger partial charge < -0.3 is 15.0 Å². The number of imidazole rings is 1. The summed E-state index contributed by atoms with van der Waals surface area (Å²) < 4.78 is 2.24. The number of carbonyl (C=O) groups is 1. The molecule has 2 aromatic rings. The second-order valence-electron chi connectivity index (χ2n) is 11.3. The van der Waals surface area contributed by atoms with E-state index in [2.05, 4.69) is 39.1 Å². The number of fused-ring (bicyclic) bond motifs is 5. The van der Waals surface area contributed by atoms with Crippen molar-refractivity contribution in [1.29, 1.82) is 0 Å². The number of carbonyl (C=O) groups excluding carboxylic acids is 1. The van der Waals surface area contributed by atoms with E-state index in [9.17, 15) is 9.90 Å². The van der Waals surface area contributed by atoms with E-state index in [1.807, 2.05) is 12.5 Å². The summed E-state index contributed by atoms with van der Waals surface area (Å²) in [4.78, 5) is 17.4. The Kier molecular flexibility index (Phi) is 5.56. The lowest BCUT2D eigenvalue weighted by Gasteiger charge is -2.50. The van der Waals surface area contributed by atoms with Gasteiger partial charge in [-0.05, 0) is 68.8 Å².